The highest BCUT2D eigenvalue weighted by molar-refractivity contribution is 6.32. The summed E-state index contributed by atoms with van der Waals surface area (Å²) in [5.74, 6) is -1.42. The lowest BCUT2D eigenvalue weighted by Gasteiger charge is -2.14. The summed E-state index contributed by atoms with van der Waals surface area (Å²) in [7, 11) is 0. The molecule has 1 aromatic rings. The highest BCUT2D eigenvalue weighted by Gasteiger charge is 2.20. The molecule has 0 aromatic heterocycles. The molecular formula is C14H16ClNO5. The van der Waals surface area contributed by atoms with Crippen molar-refractivity contribution in [2.24, 2.45) is 0 Å². The first-order chi connectivity index (χ1) is 10.0. The van der Waals surface area contributed by atoms with Crippen LogP contribution in [0.2, 0.25) is 5.02 Å². The molecule has 1 aromatic carbocycles. The SMILES string of the molecule is C=CCOCC(NC(=O)COc1ccccc1Cl)C(=O)O. The highest BCUT2D eigenvalue weighted by atomic mass is 35.5. The summed E-state index contributed by atoms with van der Waals surface area (Å²) in [5, 5.41) is 11.6. The minimum atomic E-state index is -1.19. The van der Waals surface area contributed by atoms with Crippen molar-refractivity contribution >= 4 is 23.5 Å². The van der Waals surface area contributed by atoms with E-state index in [2.05, 4.69) is 11.9 Å². The van der Waals surface area contributed by atoms with Crippen LogP contribution in [0, 0.1) is 0 Å². The molecule has 0 aliphatic heterocycles. The number of carbonyl (C=O) groups is 2. The Bertz CT molecular complexity index is 506. The molecular weight excluding hydrogens is 298 g/mol. The Balaban J connectivity index is 2.45. The Labute approximate surface area is 127 Å². The van der Waals surface area contributed by atoms with Crippen LogP contribution < -0.4 is 10.1 Å². The lowest BCUT2D eigenvalue weighted by atomic mass is 10.3. The summed E-state index contributed by atoms with van der Waals surface area (Å²) < 4.78 is 10.2. The highest BCUT2D eigenvalue weighted by Crippen LogP contribution is 2.22. The smallest absolute Gasteiger partial charge is 0.328 e. The van der Waals surface area contributed by atoms with Gasteiger partial charge in [0.2, 0.25) is 0 Å². The number of carbonyl (C=O) groups excluding carboxylic acids is 1. The zero-order valence-corrected chi connectivity index (χ0v) is 12.0. The molecule has 6 nitrogen and oxygen atoms in total. The van der Waals surface area contributed by atoms with Crippen LogP contribution in [0.3, 0.4) is 0 Å². The van der Waals surface area contributed by atoms with Gasteiger partial charge in [-0.2, -0.15) is 0 Å². The van der Waals surface area contributed by atoms with Crippen molar-refractivity contribution in [3.63, 3.8) is 0 Å². The van der Waals surface area contributed by atoms with E-state index in [0.29, 0.717) is 10.8 Å². The standard InChI is InChI=1S/C14H16ClNO5/c1-2-7-20-8-11(14(18)19)16-13(17)9-21-12-6-4-3-5-10(12)15/h2-6,11H,1,7-9H2,(H,16,17)(H,18,19). The Kier molecular flexibility index (Phi) is 7.28. The third kappa shape index (κ3) is 6.29. The molecule has 0 heterocycles. The van der Waals surface area contributed by atoms with E-state index in [9.17, 15) is 9.59 Å². The minimum Gasteiger partial charge on any atom is -0.482 e. The van der Waals surface area contributed by atoms with E-state index < -0.39 is 17.9 Å². The van der Waals surface area contributed by atoms with Crippen molar-refractivity contribution < 1.29 is 24.2 Å². The summed E-state index contributed by atoms with van der Waals surface area (Å²) >= 11 is 5.87. The fraction of sp³-hybridized carbons (Fsp3) is 0.286. The van der Waals surface area contributed by atoms with Crippen molar-refractivity contribution in [1.82, 2.24) is 5.32 Å². The number of hydrogen-bond acceptors (Lipinski definition) is 4. The Morgan fingerprint density at radius 1 is 1.43 bits per heavy atom. The van der Waals surface area contributed by atoms with Crippen LogP contribution in [0.5, 0.6) is 5.75 Å². The molecule has 0 spiro atoms. The number of ether oxygens (including phenoxy) is 2. The van der Waals surface area contributed by atoms with Crippen molar-refractivity contribution in [1.29, 1.82) is 0 Å². The zero-order valence-electron chi connectivity index (χ0n) is 11.3. The van der Waals surface area contributed by atoms with Crippen LogP contribution in [-0.4, -0.2) is 42.8 Å². The molecule has 0 aliphatic rings. The predicted molar refractivity (Wildman–Crippen MR) is 77.5 cm³/mol. The van der Waals surface area contributed by atoms with E-state index in [0.717, 1.165) is 0 Å². The molecule has 0 saturated heterocycles. The van der Waals surface area contributed by atoms with Gasteiger partial charge < -0.3 is 19.9 Å². The van der Waals surface area contributed by atoms with Crippen LogP contribution in [-0.2, 0) is 14.3 Å². The van der Waals surface area contributed by atoms with Gasteiger partial charge in [0.05, 0.1) is 18.2 Å². The first kappa shape index (κ1) is 17.0. The van der Waals surface area contributed by atoms with Crippen molar-refractivity contribution in [2.45, 2.75) is 6.04 Å². The van der Waals surface area contributed by atoms with Gasteiger partial charge in [-0.15, -0.1) is 6.58 Å². The van der Waals surface area contributed by atoms with Crippen LogP contribution in [0.15, 0.2) is 36.9 Å². The molecule has 0 bridgehead atoms. The number of rotatable bonds is 9. The number of carboxylic acids is 1. The lowest BCUT2D eigenvalue weighted by molar-refractivity contribution is -0.143. The second-order valence-corrected chi connectivity index (χ2v) is 4.41. The molecule has 1 unspecified atom stereocenters. The first-order valence-electron chi connectivity index (χ1n) is 6.12. The topological polar surface area (TPSA) is 84.9 Å². The van der Waals surface area contributed by atoms with Gasteiger partial charge in [-0.25, -0.2) is 4.79 Å². The third-order valence-corrected chi connectivity index (χ3v) is 2.66. The minimum absolute atomic E-state index is 0.154. The molecule has 114 valence electrons. The average Bonchev–Trinajstić information content (AvgIpc) is 2.45. The van der Waals surface area contributed by atoms with Crippen LogP contribution in [0.1, 0.15) is 0 Å². The van der Waals surface area contributed by atoms with Crippen LogP contribution in [0.4, 0.5) is 0 Å². The zero-order chi connectivity index (χ0) is 15.7. The monoisotopic (exact) mass is 313 g/mol. The summed E-state index contributed by atoms with van der Waals surface area (Å²) in [6, 6.07) is 5.53. The summed E-state index contributed by atoms with van der Waals surface area (Å²) in [6.45, 7) is 3.15. The maximum absolute atomic E-state index is 11.7. The number of carboxylic acid groups (broad SMARTS) is 1. The third-order valence-electron chi connectivity index (χ3n) is 2.35. The van der Waals surface area contributed by atoms with Crippen LogP contribution >= 0.6 is 11.6 Å². The van der Waals surface area contributed by atoms with Crippen LogP contribution in [0.25, 0.3) is 0 Å². The number of nitrogens with one attached hydrogen (secondary N) is 1. The molecule has 0 saturated carbocycles. The molecule has 1 amide bonds. The van der Waals surface area contributed by atoms with Gasteiger partial charge >= 0.3 is 5.97 Å². The van der Waals surface area contributed by atoms with E-state index >= 15 is 0 Å². The molecule has 1 rings (SSSR count). The fourth-order valence-electron chi connectivity index (χ4n) is 1.39. The average molecular weight is 314 g/mol. The van der Waals surface area contributed by atoms with Gasteiger partial charge in [0.15, 0.2) is 12.6 Å². The fourth-order valence-corrected chi connectivity index (χ4v) is 1.58. The van der Waals surface area contributed by atoms with Crippen molar-refractivity contribution in [3.8, 4) is 5.75 Å². The van der Waals surface area contributed by atoms with Gasteiger partial charge in [0, 0.05) is 0 Å². The largest absolute Gasteiger partial charge is 0.482 e. The molecule has 1 atom stereocenters. The summed E-state index contributed by atoms with van der Waals surface area (Å²) in [5.41, 5.74) is 0. The van der Waals surface area contributed by atoms with Gasteiger partial charge in [0.25, 0.3) is 5.91 Å². The van der Waals surface area contributed by atoms with Gasteiger partial charge in [-0.1, -0.05) is 29.8 Å². The normalized spacial score (nSPS) is 11.5. The quantitative estimate of drug-likeness (QED) is 0.533. The summed E-state index contributed by atoms with van der Waals surface area (Å²) in [6.07, 6.45) is 1.49. The van der Waals surface area contributed by atoms with E-state index in [1.165, 1.54) is 6.08 Å². The molecule has 7 heteroatoms. The Morgan fingerprint density at radius 3 is 2.76 bits per heavy atom. The number of hydrogen-bond donors (Lipinski definition) is 2. The van der Waals surface area contributed by atoms with Crippen molar-refractivity contribution in [2.75, 3.05) is 19.8 Å². The van der Waals surface area contributed by atoms with E-state index in [-0.39, 0.29) is 19.8 Å². The van der Waals surface area contributed by atoms with E-state index in [4.69, 9.17) is 26.2 Å². The molecule has 21 heavy (non-hydrogen) atoms. The second kappa shape index (κ2) is 8.99. The first-order valence-corrected chi connectivity index (χ1v) is 6.50. The molecule has 0 radical (unpaired) electrons. The van der Waals surface area contributed by atoms with Gasteiger partial charge in [-0.3, -0.25) is 4.79 Å². The Hall–Kier alpha value is -2.05. The number of benzene rings is 1. The predicted octanol–water partition coefficient (Wildman–Crippen LogP) is 1.49. The second-order valence-electron chi connectivity index (χ2n) is 4.00. The van der Waals surface area contributed by atoms with Gasteiger partial charge in [0.1, 0.15) is 5.75 Å². The molecule has 2 N–H and O–H groups in total. The number of aliphatic carboxylic acids is 1. The number of halogens is 1. The van der Waals surface area contributed by atoms with Crippen molar-refractivity contribution in [3.05, 3.63) is 41.9 Å². The maximum Gasteiger partial charge on any atom is 0.328 e. The molecule has 0 aliphatic carbocycles. The van der Waals surface area contributed by atoms with E-state index in [1.807, 2.05) is 0 Å². The summed E-state index contributed by atoms with van der Waals surface area (Å²) in [4.78, 5) is 22.6. The maximum atomic E-state index is 11.7. The number of amides is 1. The van der Waals surface area contributed by atoms with E-state index in [1.54, 1.807) is 24.3 Å². The lowest BCUT2D eigenvalue weighted by Crippen LogP contribution is -2.45. The number of para-hydroxylation sites is 1. The van der Waals surface area contributed by atoms with Gasteiger partial charge in [-0.05, 0) is 12.1 Å². The Morgan fingerprint density at radius 2 is 2.14 bits per heavy atom. The molecule has 0 fully saturated rings.